The SMILES string of the molecule is Cc1oncc1C(=O)NCC1CCCC1Cl. The van der Waals surface area contributed by atoms with Crippen LogP contribution in [0, 0.1) is 12.8 Å². The summed E-state index contributed by atoms with van der Waals surface area (Å²) in [4.78, 5) is 11.7. The van der Waals surface area contributed by atoms with Crippen LogP contribution in [0.2, 0.25) is 0 Å². The number of amides is 1. The fourth-order valence-corrected chi connectivity index (χ4v) is 2.43. The number of halogens is 1. The Hall–Kier alpha value is -1.03. The fourth-order valence-electron chi connectivity index (χ4n) is 2.06. The average Bonchev–Trinajstić information content (AvgIpc) is 2.84. The Morgan fingerprint density at radius 3 is 3.06 bits per heavy atom. The third-order valence-corrected chi connectivity index (χ3v) is 3.66. The molecule has 1 aromatic rings. The Kier molecular flexibility index (Phi) is 3.49. The van der Waals surface area contributed by atoms with E-state index in [1.165, 1.54) is 6.20 Å². The first-order valence-electron chi connectivity index (χ1n) is 5.52. The van der Waals surface area contributed by atoms with Crippen molar-refractivity contribution in [3.8, 4) is 0 Å². The highest BCUT2D eigenvalue weighted by molar-refractivity contribution is 6.21. The smallest absolute Gasteiger partial charge is 0.256 e. The maximum atomic E-state index is 11.7. The van der Waals surface area contributed by atoms with Crippen LogP contribution in [0.25, 0.3) is 0 Å². The number of nitrogens with zero attached hydrogens (tertiary/aromatic N) is 1. The standard InChI is InChI=1S/C11H15ClN2O2/c1-7-9(6-14-16-7)11(15)13-5-8-3-2-4-10(8)12/h6,8,10H,2-5H2,1H3,(H,13,15). The van der Waals surface area contributed by atoms with Gasteiger partial charge in [-0.2, -0.15) is 0 Å². The van der Waals surface area contributed by atoms with Gasteiger partial charge in [-0.05, 0) is 25.7 Å². The van der Waals surface area contributed by atoms with E-state index in [-0.39, 0.29) is 11.3 Å². The van der Waals surface area contributed by atoms with Gasteiger partial charge < -0.3 is 9.84 Å². The summed E-state index contributed by atoms with van der Waals surface area (Å²) in [7, 11) is 0. The Bertz CT molecular complexity index is 378. The van der Waals surface area contributed by atoms with Crippen molar-refractivity contribution in [3.05, 3.63) is 17.5 Å². The molecule has 0 aliphatic heterocycles. The highest BCUT2D eigenvalue weighted by Crippen LogP contribution is 2.29. The summed E-state index contributed by atoms with van der Waals surface area (Å²) in [6, 6.07) is 0. The molecular formula is C11H15ClN2O2. The zero-order chi connectivity index (χ0) is 11.5. The van der Waals surface area contributed by atoms with E-state index < -0.39 is 0 Å². The van der Waals surface area contributed by atoms with Crippen LogP contribution in [0.15, 0.2) is 10.7 Å². The van der Waals surface area contributed by atoms with Crippen LogP contribution in [0.4, 0.5) is 0 Å². The molecule has 0 bridgehead atoms. The molecule has 4 nitrogen and oxygen atoms in total. The van der Waals surface area contributed by atoms with Crippen LogP contribution in [-0.4, -0.2) is 23.0 Å². The third-order valence-electron chi connectivity index (χ3n) is 3.09. The van der Waals surface area contributed by atoms with Crippen LogP contribution in [-0.2, 0) is 0 Å². The van der Waals surface area contributed by atoms with E-state index in [4.69, 9.17) is 16.1 Å². The Balaban J connectivity index is 1.86. The molecule has 1 N–H and O–H groups in total. The molecule has 0 saturated heterocycles. The van der Waals surface area contributed by atoms with E-state index in [9.17, 15) is 4.79 Å². The number of aromatic nitrogens is 1. The molecule has 1 aliphatic carbocycles. The zero-order valence-corrected chi connectivity index (χ0v) is 9.96. The number of nitrogens with one attached hydrogen (secondary N) is 1. The van der Waals surface area contributed by atoms with Crippen LogP contribution in [0.1, 0.15) is 35.4 Å². The van der Waals surface area contributed by atoms with Gasteiger partial charge in [0.15, 0.2) is 0 Å². The molecule has 5 heteroatoms. The highest BCUT2D eigenvalue weighted by atomic mass is 35.5. The molecule has 88 valence electrons. The predicted octanol–water partition coefficient (Wildman–Crippen LogP) is 2.12. The maximum Gasteiger partial charge on any atom is 0.256 e. The van der Waals surface area contributed by atoms with Crippen molar-refractivity contribution in [1.82, 2.24) is 10.5 Å². The van der Waals surface area contributed by atoms with Gasteiger partial charge in [0.05, 0.1) is 6.20 Å². The van der Waals surface area contributed by atoms with E-state index in [1.807, 2.05) is 0 Å². The second-order valence-corrected chi connectivity index (χ2v) is 4.77. The lowest BCUT2D eigenvalue weighted by atomic mass is 10.1. The summed E-state index contributed by atoms with van der Waals surface area (Å²) in [6.07, 6.45) is 4.74. The zero-order valence-electron chi connectivity index (χ0n) is 9.20. The lowest BCUT2D eigenvalue weighted by Crippen LogP contribution is -2.31. The van der Waals surface area contributed by atoms with Crippen LogP contribution in [0.5, 0.6) is 0 Å². The van der Waals surface area contributed by atoms with Gasteiger partial charge in [-0.3, -0.25) is 4.79 Å². The van der Waals surface area contributed by atoms with E-state index >= 15 is 0 Å². The van der Waals surface area contributed by atoms with Crippen LogP contribution in [0.3, 0.4) is 0 Å². The Labute approximate surface area is 99.3 Å². The molecule has 0 aromatic carbocycles. The number of hydrogen-bond donors (Lipinski definition) is 1. The van der Waals surface area contributed by atoms with Gasteiger partial charge in [-0.25, -0.2) is 0 Å². The second kappa shape index (κ2) is 4.87. The minimum Gasteiger partial charge on any atom is -0.361 e. The number of carbonyl (C=O) groups is 1. The van der Waals surface area contributed by atoms with E-state index in [1.54, 1.807) is 6.92 Å². The summed E-state index contributed by atoms with van der Waals surface area (Å²) in [5, 5.41) is 6.65. The first-order valence-corrected chi connectivity index (χ1v) is 5.95. The van der Waals surface area contributed by atoms with Crippen molar-refractivity contribution >= 4 is 17.5 Å². The molecule has 2 rings (SSSR count). The highest BCUT2D eigenvalue weighted by Gasteiger charge is 2.26. The van der Waals surface area contributed by atoms with Crippen molar-refractivity contribution in [3.63, 3.8) is 0 Å². The van der Waals surface area contributed by atoms with Crippen LogP contribution >= 0.6 is 11.6 Å². The van der Waals surface area contributed by atoms with Crippen molar-refractivity contribution in [2.75, 3.05) is 6.54 Å². The lowest BCUT2D eigenvalue weighted by molar-refractivity contribution is 0.0946. The fraction of sp³-hybridized carbons (Fsp3) is 0.636. The molecule has 0 spiro atoms. The number of aryl methyl sites for hydroxylation is 1. The van der Waals surface area contributed by atoms with E-state index in [2.05, 4.69) is 10.5 Å². The normalized spacial score (nSPS) is 24.6. The molecule has 0 radical (unpaired) electrons. The Morgan fingerprint density at radius 1 is 1.69 bits per heavy atom. The summed E-state index contributed by atoms with van der Waals surface area (Å²) in [6.45, 7) is 2.36. The topological polar surface area (TPSA) is 55.1 Å². The molecule has 1 amide bonds. The van der Waals surface area contributed by atoms with Gasteiger partial charge in [0.1, 0.15) is 11.3 Å². The summed E-state index contributed by atoms with van der Waals surface area (Å²) < 4.78 is 4.84. The number of rotatable bonds is 3. The molecular weight excluding hydrogens is 228 g/mol. The Morgan fingerprint density at radius 2 is 2.50 bits per heavy atom. The quantitative estimate of drug-likeness (QED) is 0.826. The third kappa shape index (κ3) is 2.38. The summed E-state index contributed by atoms with van der Waals surface area (Å²) in [5.74, 6) is 0.812. The molecule has 1 aromatic heterocycles. The predicted molar refractivity (Wildman–Crippen MR) is 60.6 cm³/mol. The number of carbonyl (C=O) groups excluding carboxylic acids is 1. The summed E-state index contributed by atoms with van der Waals surface area (Å²) in [5.41, 5.74) is 0.504. The molecule has 2 unspecified atom stereocenters. The first-order chi connectivity index (χ1) is 7.68. The monoisotopic (exact) mass is 242 g/mol. The van der Waals surface area contributed by atoms with Crippen molar-refractivity contribution < 1.29 is 9.32 Å². The van der Waals surface area contributed by atoms with Crippen molar-refractivity contribution in [1.29, 1.82) is 0 Å². The lowest BCUT2D eigenvalue weighted by Gasteiger charge is -2.13. The molecule has 1 heterocycles. The average molecular weight is 243 g/mol. The number of hydrogen-bond acceptors (Lipinski definition) is 3. The van der Waals surface area contributed by atoms with E-state index in [0.29, 0.717) is 23.8 Å². The van der Waals surface area contributed by atoms with Crippen molar-refractivity contribution in [2.24, 2.45) is 5.92 Å². The van der Waals surface area contributed by atoms with Gasteiger partial charge in [-0.1, -0.05) is 11.6 Å². The second-order valence-electron chi connectivity index (χ2n) is 4.21. The van der Waals surface area contributed by atoms with Crippen molar-refractivity contribution in [2.45, 2.75) is 31.6 Å². The van der Waals surface area contributed by atoms with Gasteiger partial charge in [0.25, 0.3) is 5.91 Å². The summed E-state index contributed by atoms with van der Waals surface area (Å²) >= 11 is 6.14. The molecule has 16 heavy (non-hydrogen) atoms. The molecule has 1 saturated carbocycles. The molecule has 2 atom stereocenters. The van der Waals surface area contributed by atoms with Gasteiger partial charge >= 0.3 is 0 Å². The maximum absolute atomic E-state index is 11.7. The van der Waals surface area contributed by atoms with Gasteiger partial charge in [0, 0.05) is 11.9 Å². The molecule has 1 aliphatic rings. The largest absolute Gasteiger partial charge is 0.361 e. The first kappa shape index (κ1) is 11.5. The van der Waals surface area contributed by atoms with Gasteiger partial charge in [-0.15, -0.1) is 11.6 Å². The number of alkyl halides is 1. The molecule has 1 fully saturated rings. The minimum atomic E-state index is -0.130. The van der Waals surface area contributed by atoms with Gasteiger partial charge in [0.2, 0.25) is 0 Å². The van der Waals surface area contributed by atoms with Crippen LogP contribution < -0.4 is 5.32 Å². The minimum absolute atomic E-state index is 0.130. The van der Waals surface area contributed by atoms with E-state index in [0.717, 1.165) is 19.3 Å².